The van der Waals surface area contributed by atoms with Crippen LogP contribution in [-0.4, -0.2) is 49.1 Å². The SMILES string of the molecule is C=CC(=O)OCCOC(=O)C(F)(F)C(F)(F)C(F)(F)C(F)(F)F. The summed E-state index contributed by atoms with van der Waals surface area (Å²) in [6.07, 6.45) is -6.45. The van der Waals surface area contributed by atoms with Gasteiger partial charge in [0.15, 0.2) is 0 Å². The third-order valence-corrected chi connectivity index (χ3v) is 2.13. The molecule has 0 atom stereocenters. The van der Waals surface area contributed by atoms with Crippen LogP contribution in [0.4, 0.5) is 39.5 Å². The first-order valence-electron chi connectivity index (χ1n) is 5.29. The maximum absolute atomic E-state index is 12.9. The predicted octanol–water partition coefficient (Wildman–Crippen LogP) is 2.73. The predicted molar refractivity (Wildman–Crippen MR) is 53.0 cm³/mol. The molecule has 0 aromatic rings. The molecule has 0 spiro atoms. The maximum Gasteiger partial charge on any atom is 0.460 e. The molecule has 0 saturated heterocycles. The zero-order valence-corrected chi connectivity index (χ0v) is 10.7. The highest BCUT2D eigenvalue weighted by molar-refractivity contribution is 5.81. The molecule has 134 valence electrons. The highest BCUT2D eigenvalue weighted by Gasteiger charge is 2.84. The van der Waals surface area contributed by atoms with Crippen molar-refractivity contribution >= 4 is 11.9 Å². The molecule has 0 radical (unpaired) electrons. The normalized spacial score (nSPS) is 13.4. The Labute approximate surface area is 121 Å². The minimum absolute atomic E-state index is 0.592. The number of esters is 2. The quantitative estimate of drug-likeness (QED) is 0.303. The molecule has 0 aromatic carbocycles. The largest absolute Gasteiger partial charge is 0.460 e. The van der Waals surface area contributed by atoms with Gasteiger partial charge in [0.2, 0.25) is 0 Å². The molecule has 0 rings (SSSR count). The Hall–Kier alpha value is -1.95. The number of rotatable bonds is 7. The second-order valence-corrected chi connectivity index (χ2v) is 3.73. The van der Waals surface area contributed by atoms with E-state index in [1.807, 2.05) is 0 Å². The lowest BCUT2D eigenvalue weighted by Gasteiger charge is -2.32. The molecular weight excluding hydrogens is 355 g/mol. The van der Waals surface area contributed by atoms with E-state index in [0.717, 1.165) is 0 Å². The van der Waals surface area contributed by atoms with Crippen LogP contribution in [0.5, 0.6) is 0 Å². The minimum Gasteiger partial charge on any atom is -0.459 e. The average Bonchev–Trinajstić information content (AvgIpc) is 2.41. The van der Waals surface area contributed by atoms with E-state index < -0.39 is 49.1 Å². The smallest absolute Gasteiger partial charge is 0.459 e. The second kappa shape index (κ2) is 6.66. The molecule has 0 aliphatic heterocycles. The zero-order chi connectivity index (χ0) is 18.7. The van der Waals surface area contributed by atoms with Gasteiger partial charge in [-0.25, -0.2) is 9.59 Å². The Morgan fingerprint density at radius 1 is 0.826 bits per heavy atom. The molecule has 4 nitrogen and oxygen atoms in total. The molecule has 0 saturated carbocycles. The summed E-state index contributed by atoms with van der Waals surface area (Å²) in [4.78, 5) is 21.2. The van der Waals surface area contributed by atoms with Crippen molar-refractivity contribution in [2.45, 2.75) is 23.9 Å². The molecule has 0 aromatic heterocycles. The van der Waals surface area contributed by atoms with Crippen molar-refractivity contribution in [3.63, 3.8) is 0 Å². The Morgan fingerprint density at radius 3 is 1.65 bits per heavy atom. The van der Waals surface area contributed by atoms with Gasteiger partial charge < -0.3 is 9.47 Å². The van der Waals surface area contributed by atoms with Crippen LogP contribution in [0.15, 0.2) is 12.7 Å². The standard InChI is InChI=1S/C10H7F9O4/c1-2-5(20)22-3-4-23-6(21)7(11,12)8(13,14)9(15,16)10(17,18)19/h2H,1,3-4H2. The first-order valence-corrected chi connectivity index (χ1v) is 5.29. The van der Waals surface area contributed by atoms with Crippen molar-refractivity contribution in [2.75, 3.05) is 13.2 Å². The molecule has 0 fully saturated rings. The molecule has 0 N–H and O–H groups in total. The lowest BCUT2D eigenvalue weighted by atomic mass is 10.0. The fourth-order valence-electron chi connectivity index (χ4n) is 0.930. The topological polar surface area (TPSA) is 52.6 Å². The molecule has 0 bridgehead atoms. The van der Waals surface area contributed by atoms with E-state index in [-0.39, 0.29) is 0 Å². The average molecular weight is 362 g/mol. The van der Waals surface area contributed by atoms with Crippen molar-refractivity contribution in [1.82, 2.24) is 0 Å². The fraction of sp³-hybridized carbons (Fsp3) is 0.600. The number of hydrogen-bond donors (Lipinski definition) is 0. The van der Waals surface area contributed by atoms with E-state index in [4.69, 9.17) is 0 Å². The summed E-state index contributed by atoms with van der Waals surface area (Å²) in [6, 6.07) is 0. The van der Waals surface area contributed by atoms with Crippen molar-refractivity contribution in [3.8, 4) is 0 Å². The lowest BCUT2D eigenvalue weighted by molar-refractivity contribution is -0.390. The van der Waals surface area contributed by atoms with E-state index in [2.05, 4.69) is 16.1 Å². The van der Waals surface area contributed by atoms with E-state index in [0.29, 0.717) is 6.08 Å². The summed E-state index contributed by atoms with van der Waals surface area (Å²) in [6.45, 7) is 0.664. The number of ether oxygens (including phenoxy) is 2. The maximum atomic E-state index is 12.9. The molecule has 0 unspecified atom stereocenters. The summed E-state index contributed by atoms with van der Waals surface area (Å²) >= 11 is 0. The Bertz CT molecular complexity index is 469. The van der Waals surface area contributed by atoms with Gasteiger partial charge in [-0.2, -0.15) is 39.5 Å². The van der Waals surface area contributed by atoms with Gasteiger partial charge in [-0.15, -0.1) is 0 Å². The van der Waals surface area contributed by atoms with Crippen molar-refractivity contribution < 1.29 is 58.6 Å². The van der Waals surface area contributed by atoms with Crippen LogP contribution in [0.25, 0.3) is 0 Å². The summed E-state index contributed by atoms with van der Waals surface area (Å²) in [5.74, 6) is -25.3. The number of halogens is 9. The van der Waals surface area contributed by atoms with Crippen molar-refractivity contribution in [3.05, 3.63) is 12.7 Å². The summed E-state index contributed by atoms with van der Waals surface area (Å²) in [5.41, 5.74) is 0. The minimum atomic E-state index is -7.20. The van der Waals surface area contributed by atoms with Crippen molar-refractivity contribution in [1.29, 1.82) is 0 Å². The number of carbonyl (C=O) groups excluding carboxylic acids is 2. The molecule has 0 aliphatic rings. The summed E-state index contributed by atoms with van der Waals surface area (Å²) < 4.78 is 119. The van der Waals surface area contributed by atoms with Crippen LogP contribution in [0.3, 0.4) is 0 Å². The fourth-order valence-corrected chi connectivity index (χ4v) is 0.930. The van der Waals surface area contributed by atoms with Crippen LogP contribution in [-0.2, 0) is 19.1 Å². The molecule has 13 heteroatoms. The zero-order valence-electron chi connectivity index (χ0n) is 10.7. The molecule has 0 amide bonds. The van der Waals surface area contributed by atoms with Gasteiger partial charge in [0, 0.05) is 6.08 Å². The Kier molecular flexibility index (Phi) is 6.10. The number of carbonyl (C=O) groups is 2. The summed E-state index contributed by atoms with van der Waals surface area (Å²) in [5, 5.41) is 0. The molecule has 0 heterocycles. The molecular formula is C10H7F9O4. The van der Waals surface area contributed by atoms with Gasteiger partial charge in [-0.1, -0.05) is 6.58 Å². The van der Waals surface area contributed by atoms with Crippen LogP contribution < -0.4 is 0 Å². The van der Waals surface area contributed by atoms with Crippen LogP contribution >= 0.6 is 0 Å². The highest BCUT2D eigenvalue weighted by Crippen LogP contribution is 2.53. The third kappa shape index (κ3) is 4.07. The third-order valence-electron chi connectivity index (χ3n) is 2.13. The number of alkyl halides is 9. The van der Waals surface area contributed by atoms with E-state index in [1.165, 1.54) is 0 Å². The first-order chi connectivity index (χ1) is 10.1. The molecule has 0 aliphatic carbocycles. The van der Waals surface area contributed by atoms with Crippen LogP contribution in [0.2, 0.25) is 0 Å². The van der Waals surface area contributed by atoms with Crippen molar-refractivity contribution in [2.24, 2.45) is 0 Å². The highest BCUT2D eigenvalue weighted by atomic mass is 19.4. The Morgan fingerprint density at radius 2 is 1.26 bits per heavy atom. The number of hydrogen-bond acceptors (Lipinski definition) is 4. The second-order valence-electron chi connectivity index (χ2n) is 3.73. The van der Waals surface area contributed by atoms with Gasteiger partial charge in [-0.05, 0) is 0 Å². The van der Waals surface area contributed by atoms with Gasteiger partial charge in [0.1, 0.15) is 13.2 Å². The van der Waals surface area contributed by atoms with E-state index in [9.17, 15) is 49.1 Å². The van der Waals surface area contributed by atoms with Gasteiger partial charge >= 0.3 is 35.9 Å². The summed E-state index contributed by atoms with van der Waals surface area (Å²) in [7, 11) is 0. The van der Waals surface area contributed by atoms with E-state index >= 15 is 0 Å². The first kappa shape index (κ1) is 21.0. The van der Waals surface area contributed by atoms with Crippen LogP contribution in [0.1, 0.15) is 0 Å². The Balaban J connectivity index is 5.05. The molecule has 23 heavy (non-hydrogen) atoms. The monoisotopic (exact) mass is 362 g/mol. The van der Waals surface area contributed by atoms with Gasteiger partial charge in [0.05, 0.1) is 0 Å². The lowest BCUT2D eigenvalue weighted by Crippen LogP contribution is -2.63. The van der Waals surface area contributed by atoms with E-state index in [1.54, 1.807) is 0 Å². The van der Waals surface area contributed by atoms with Gasteiger partial charge in [0.25, 0.3) is 0 Å². The van der Waals surface area contributed by atoms with Crippen LogP contribution in [0, 0.1) is 0 Å². The van der Waals surface area contributed by atoms with Gasteiger partial charge in [-0.3, -0.25) is 0 Å².